The standard InChI is InChI=1S/C13H26N2O/c1-11-9-15(10-12(2)16-11)7-5-13-4-3-6-14-8-13/h11-14H,3-10H2,1-2H3/t11-,12+,13?. The molecule has 0 saturated carbocycles. The van der Waals surface area contributed by atoms with Crippen molar-refractivity contribution in [2.75, 3.05) is 32.7 Å². The molecule has 2 saturated heterocycles. The number of piperidine rings is 1. The normalized spacial score (nSPS) is 37.5. The summed E-state index contributed by atoms with van der Waals surface area (Å²) in [6.45, 7) is 10.3. The van der Waals surface area contributed by atoms with Crippen LogP contribution in [0.25, 0.3) is 0 Å². The molecule has 2 rings (SSSR count). The van der Waals surface area contributed by atoms with E-state index in [4.69, 9.17) is 4.74 Å². The molecule has 1 N–H and O–H groups in total. The minimum Gasteiger partial charge on any atom is -0.373 e. The maximum atomic E-state index is 5.75. The summed E-state index contributed by atoms with van der Waals surface area (Å²) in [5.74, 6) is 0.905. The third-order valence-corrected chi connectivity index (χ3v) is 3.75. The Balaban J connectivity index is 1.68. The van der Waals surface area contributed by atoms with Gasteiger partial charge in [-0.2, -0.15) is 0 Å². The molecule has 2 aliphatic heterocycles. The van der Waals surface area contributed by atoms with Crippen LogP contribution in [-0.4, -0.2) is 49.8 Å². The number of nitrogens with zero attached hydrogens (tertiary/aromatic N) is 1. The smallest absolute Gasteiger partial charge is 0.0678 e. The average Bonchev–Trinajstić information content (AvgIpc) is 2.27. The average molecular weight is 226 g/mol. The Morgan fingerprint density at radius 2 is 2.00 bits per heavy atom. The Kier molecular flexibility index (Phi) is 4.62. The van der Waals surface area contributed by atoms with E-state index in [9.17, 15) is 0 Å². The SMILES string of the molecule is C[C@@H]1CN(CCC2CCCNC2)C[C@H](C)O1. The van der Waals surface area contributed by atoms with Crippen LogP contribution in [0.4, 0.5) is 0 Å². The lowest BCUT2D eigenvalue weighted by molar-refractivity contribution is -0.0690. The molecule has 2 aliphatic rings. The van der Waals surface area contributed by atoms with Gasteiger partial charge in [-0.25, -0.2) is 0 Å². The van der Waals surface area contributed by atoms with Crippen molar-refractivity contribution in [1.82, 2.24) is 10.2 Å². The quantitative estimate of drug-likeness (QED) is 0.789. The Morgan fingerprint density at radius 1 is 1.25 bits per heavy atom. The van der Waals surface area contributed by atoms with E-state index >= 15 is 0 Å². The van der Waals surface area contributed by atoms with E-state index < -0.39 is 0 Å². The van der Waals surface area contributed by atoms with Crippen molar-refractivity contribution in [3.63, 3.8) is 0 Å². The highest BCUT2D eigenvalue weighted by Crippen LogP contribution is 2.17. The fraction of sp³-hybridized carbons (Fsp3) is 1.00. The molecule has 3 nitrogen and oxygen atoms in total. The fourth-order valence-corrected chi connectivity index (χ4v) is 3.00. The molecule has 0 aromatic rings. The van der Waals surface area contributed by atoms with Gasteiger partial charge in [0.1, 0.15) is 0 Å². The minimum absolute atomic E-state index is 0.410. The summed E-state index contributed by atoms with van der Waals surface area (Å²) in [5.41, 5.74) is 0. The highest BCUT2D eigenvalue weighted by Gasteiger charge is 2.22. The first-order valence-electron chi connectivity index (χ1n) is 6.82. The summed E-state index contributed by atoms with van der Waals surface area (Å²) >= 11 is 0. The van der Waals surface area contributed by atoms with Gasteiger partial charge in [-0.1, -0.05) is 0 Å². The van der Waals surface area contributed by atoms with Crippen LogP contribution in [0.3, 0.4) is 0 Å². The minimum atomic E-state index is 0.410. The summed E-state index contributed by atoms with van der Waals surface area (Å²) in [5, 5.41) is 3.50. The Hall–Kier alpha value is -0.120. The van der Waals surface area contributed by atoms with Gasteiger partial charge < -0.3 is 10.1 Å². The number of hydrogen-bond donors (Lipinski definition) is 1. The zero-order chi connectivity index (χ0) is 11.4. The van der Waals surface area contributed by atoms with Crippen LogP contribution < -0.4 is 5.32 Å². The molecular formula is C13H26N2O. The van der Waals surface area contributed by atoms with E-state index in [-0.39, 0.29) is 0 Å². The molecule has 16 heavy (non-hydrogen) atoms. The molecule has 3 atom stereocenters. The largest absolute Gasteiger partial charge is 0.373 e. The first-order chi connectivity index (χ1) is 7.74. The van der Waals surface area contributed by atoms with Crippen molar-refractivity contribution in [2.45, 2.75) is 45.3 Å². The van der Waals surface area contributed by atoms with Crippen LogP contribution in [-0.2, 0) is 4.74 Å². The third-order valence-electron chi connectivity index (χ3n) is 3.75. The summed E-state index contributed by atoms with van der Waals surface area (Å²) in [4.78, 5) is 2.58. The molecule has 0 aromatic carbocycles. The zero-order valence-corrected chi connectivity index (χ0v) is 10.7. The molecule has 94 valence electrons. The molecule has 1 unspecified atom stereocenters. The summed E-state index contributed by atoms with van der Waals surface area (Å²) in [6, 6.07) is 0. The predicted octanol–water partition coefficient (Wildman–Crippen LogP) is 1.49. The highest BCUT2D eigenvalue weighted by molar-refractivity contribution is 4.76. The highest BCUT2D eigenvalue weighted by atomic mass is 16.5. The van der Waals surface area contributed by atoms with Crippen molar-refractivity contribution >= 4 is 0 Å². The second kappa shape index (κ2) is 5.99. The van der Waals surface area contributed by atoms with Crippen LogP contribution in [0, 0.1) is 5.92 Å². The first-order valence-corrected chi connectivity index (χ1v) is 6.82. The third kappa shape index (κ3) is 3.72. The number of ether oxygens (including phenoxy) is 1. The topological polar surface area (TPSA) is 24.5 Å². The van der Waals surface area contributed by atoms with Crippen LogP contribution in [0.5, 0.6) is 0 Å². The summed E-state index contributed by atoms with van der Waals surface area (Å²) < 4.78 is 5.75. The number of nitrogens with one attached hydrogen (secondary N) is 1. The van der Waals surface area contributed by atoms with E-state index in [1.54, 1.807) is 0 Å². The van der Waals surface area contributed by atoms with Gasteiger partial charge in [-0.3, -0.25) is 4.90 Å². The predicted molar refractivity (Wildman–Crippen MR) is 66.7 cm³/mol. The van der Waals surface area contributed by atoms with Gasteiger partial charge >= 0.3 is 0 Å². The van der Waals surface area contributed by atoms with E-state index in [0.717, 1.165) is 19.0 Å². The van der Waals surface area contributed by atoms with Gasteiger partial charge in [-0.15, -0.1) is 0 Å². The van der Waals surface area contributed by atoms with Crippen LogP contribution in [0.15, 0.2) is 0 Å². The van der Waals surface area contributed by atoms with Gasteiger partial charge in [-0.05, 0) is 58.7 Å². The lowest BCUT2D eigenvalue weighted by Gasteiger charge is -2.36. The van der Waals surface area contributed by atoms with Crippen molar-refractivity contribution in [1.29, 1.82) is 0 Å². The zero-order valence-electron chi connectivity index (χ0n) is 10.7. The van der Waals surface area contributed by atoms with E-state index in [2.05, 4.69) is 24.1 Å². The van der Waals surface area contributed by atoms with Gasteiger partial charge in [0.25, 0.3) is 0 Å². The second-order valence-corrected chi connectivity index (χ2v) is 5.52. The lowest BCUT2D eigenvalue weighted by Crippen LogP contribution is -2.46. The molecule has 2 heterocycles. The summed E-state index contributed by atoms with van der Waals surface area (Å²) in [7, 11) is 0. The first kappa shape index (κ1) is 12.3. The molecule has 3 heteroatoms. The van der Waals surface area contributed by atoms with Crippen molar-refractivity contribution in [2.24, 2.45) is 5.92 Å². The molecular weight excluding hydrogens is 200 g/mol. The van der Waals surface area contributed by atoms with Gasteiger partial charge in [0, 0.05) is 13.1 Å². The van der Waals surface area contributed by atoms with E-state index in [1.165, 1.54) is 38.9 Å². The maximum Gasteiger partial charge on any atom is 0.0678 e. The Labute approximate surface area is 99.5 Å². The van der Waals surface area contributed by atoms with E-state index in [0.29, 0.717) is 12.2 Å². The number of hydrogen-bond acceptors (Lipinski definition) is 3. The second-order valence-electron chi connectivity index (χ2n) is 5.52. The maximum absolute atomic E-state index is 5.75. The van der Waals surface area contributed by atoms with Crippen LogP contribution in [0.2, 0.25) is 0 Å². The van der Waals surface area contributed by atoms with Gasteiger partial charge in [0.15, 0.2) is 0 Å². The summed E-state index contributed by atoms with van der Waals surface area (Å²) in [6.07, 6.45) is 4.96. The molecule has 0 aliphatic carbocycles. The fourth-order valence-electron chi connectivity index (χ4n) is 3.00. The number of rotatable bonds is 3. The molecule has 0 spiro atoms. The lowest BCUT2D eigenvalue weighted by atomic mass is 9.96. The van der Waals surface area contributed by atoms with Gasteiger partial charge in [0.2, 0.25) is 0 Å². The number of morpholine rings is 1. The molecule has 0 aromatic heterocycles. The van der Waals surface area contributed by atoms with Crippen molar-refractivity contribution < 1.29 is 4.74 Å². The Bertz CT molecular complexity index is 194. The molecule has 0 bridgehead atoms. The van der Waals surface area contributed by atoms with Crippen molar-refractivity contribution in [3.05, 3.63) is 0 Å². The molecule has 0 radical (unpaired) electrons. The van der Waals surface area contributed by atoms with E-state index in [1.807, 2.05) is 0 Å². The van der Waals surface area contributed by atoms with Crippen LogP contribution in [0.1, 0.15) is 33.1 Å². The molecule has 2 fully saturated rings. The Morgan fingerprint density at radius 3 is 2.62 bits per heavy atom. The van der Waals surface area contributed by atoms with Crippen LogP contribution >= 0.6 is 0 Å². The monoisotopic (exact) mass is 226 g/mol. The molecule has 0 amide bonds. The van der Waals surface area contributed by atoms with Crippen molar-refractivity contribution in [3.8, 4) is 0 Å². The van der Waals surface area contributed by atoms with Gasteiger partial charge in [0.05, 0.1) is 12.2 Å².